The lowest BCUT2D eigenvalue weighted by molar-refractivity contribution is -0.129. The number of nitrogens with one attached hydrogen (secondary N) is 2. The molecule has 0 spiro atoms. The van der Waals surface area contributed by atoms with Gasteiger partial charge in [-0.15, -0.1) is 0 Å². The quantitative estimate of drug-likeness (QED) is 0.430. The zero-order chi connectivity index (χ0) is 12.1. The first-order valence-corrected chi connectivity index (χ1v) is 6.00. The molecule has 2 heterocycles. The Labute approximate surface area is 100 Å². The summed E-state index contributed by atoms with van der Waals surface area (Å²) in [7, 11) is 0. The Morgan fingerprint density at radius 3 is 1.71 bits per heavy atom. The number of carbonyl (C=O) groups is 2. The average molecular weight is 242 g/mol. The Morgan fingerprint density at radius 1 is 0.941 bits per heavy atom. The van der Waals surface area contributed by atoms with E-state index in [1.807, 2.05) is 0 Å². The van der Waals surface area contributed by atoms with E-state index in [-0.39, 0.29) is 18.2 Å². The molecule has 2 amide bonds. The van der Waals surface area contributed by atoms with Crippen molar-refractivity contribution >= 4 is 11.8 Å². The second-order valence-electron chi connectivity index (χ2n) is 4.36. The first-order valence-electron chi connectivity index (χ1n) is 6.00. The molecule has 0 aromatic rings. The van der Waals surface area contributed by atoms with Crippen LogP contribution in [0.1, 0.15) is 19.3 Å². The Hall–Kier alpha value is -1.14. The van der Waals surface area contributed by atoms with E-state index in [0.717, 1.165) is 26.1 Å². The number of carbonyl (C=O) groups excluding carboxylic acids is 2. The molecule has 0 aromatic heterocycles. The van der Waals surface area contributed by atoms with E-state index in [1.54, 1.807) is 0 Å². The van der Waals surface area contributed by atoms with Crippen molar-refractivity contribution in [3.05, 3.63) is 0 Å². The third-order valence-corrected chi connectivity index (χ3v) is 2.70. The zero-order valence-electron chi connectivity index (χ0n) is 9.74. The van der Waals surface area contributed by atoms with Crippen molar-refractivity contribution in [3.63, 3.8) is 0 Å². The van der Waals surface area contributed by atoms with Gasteiger partial charge < -0.3 is 20.1 Å². The molecule has 2 fully saturated rings. The van der Waals surface area contributed by atoms with Crippen LogP contribution in [0.3, 0.4) is 0 Å². The van der Waals surface area contributed by atoms with Gasteiger partial charge in [-0.05, 0) is 12.8 Å². The van der Waals surface area contributed by atoms with Gasteiger partial charge in [-0.1, -0.05) is 0 Å². The standard InChI is InChI=1S/C11H18N2O4/c14-10(12-3-1-8-6-16-8)5-11(15)13-4-2-9-7-17-9/h8-9H,1-7H2,(H,12,14)(H,13,15). The van der Waals surface area contributed by atoms with E-state index in [1.165, 1.54) is 0 Å². The molecule has 0 saturated carbocycles. The molecule has 2 aliphatic heterocycles. The van der Waals surface area contributed by atoms with Gasteiger partial charge in [0, 0.05) is 13.1 Å². The highest BCUT2D eigenvalue weighted by molar-refractivity contribution is 5.96. The number of hydrogen-bond donors (Lipinski definition) is 2. The molecule has 17 heavy (non-hydrogen) atoms. The number of hydrogen-bond acceptors (Lipinski definition) is 4. The van der Waals surface area contributed by atoms with Gasteiger partial charge >= 0.3 is 0 Å². The van der Waals surface area contributed by atoms with Crippen LogP contribution >= 0.6 is 0 Å². The molecule has 0 radical (unpaired) electrons. The highest BCUT2D eigenvalue weighted by Gasteiger charge is 2.22. The van der Waals surface area contributed by atoms with Crippen LogP contribution < -0.4 is 10.6 Å². The smallest absolute Gasteiger partial charge is 0.229 e. The Morgan fingerprint density at radius 2 is 1.35 bits per heavy atom. The van der Waals surface area contributed by atoms with Crippen LogP contribution in [0, 0.1) is 0 Å². The van der Waals surface area contributed by atoms with E-state index < -0.39 is 0 Å². The summed E-state index contributed by atoms with van der Waals surface area (Å²) in [6, 6.07) is 0. The lowest BCUT2D eigenvalue weighted by Gasteiger charge is -2.05. The molecule has 6 heteroatoms. The van der Waals surface area contributed by atoms with E-state index in [4.69, 9.17) is 9.47 Å². The molecule has 6 nitrogen and oxygen atoms in total. The fraction of sp³-hybridized carbons (Fsp3) is 0.818. The number of epoxide rings is 2. The van der Waals surface area contributed by atoms with Crippen LogP contribution in [0.2, 0.25) is 0 Å². The van der Waals surface area contributed by atoms with Gasteiger partial charge in [0.2, 0.25) is 11.8 Å². The summed E-state index contributed by atoms with van der Waals surface area (Å²) in [5.41, 5.74) is 0. The first-order chi connectivity index (χ1) is 8.24. The molecule has 2 aliphatic rings. The number of ether oxygens (including phenoxy) is 2. The minimum atomic E-state index is -0.231. The van der Waals surface area contributed by atoms with Gasteiger partial charge in [0.1, 0.15) is 6.42 Å². The zero-order valence-corrected chi connectivity index (χ0v) is 9.74. The van der Waals surface area contributed by atoms with Crippen LogP contribution in [0.4, 0.5) is 0 Å². The van der Waals surface area contributed by atoms with E-state index >= 15 is 0 Å². The Bertz CT molecular complexity index is 259. The summed E-state index contributed by atoms with van der Waals surface area (Å²) in [6.45, 7) is 2.73. The first kappa shape index (κ1) is 12.3. The number of amides is 2. The second-order valence-corrected chi connectivity index (χ2v) is 4.36. The van der Waals surface area contributed by atoms with Crippen molar-refractivity contribution in [2.24, 2.45) is 0 Å². The number of rotatable bonds is 8. The van der Waals surface area contributed by atoms with Crippen LogP contribution in [0.15, 0.2) is 0 Å². The molecule has 2 rings (SSSR count). The third kappa shape index (κ3) is 5.65. The van der Waals surface area contributed by atoms with Crippen molar-refractivity contribution in [2.75, 3.05) is 26.3 Å². The topological polar surface area (TPSA) is 83.3 Å². The molecular weight excluding hydrogens is 224 g/mol. The summed E-state index contributed by atoms with van der Waals surface area (Å²) < 4.78 is 10.0. The van der Waals surface area contributed by atoms with Crippen LogP contribution in [0.5, 0.6) is 0 Å². The molecule has 2 saturated heterocycles. The fourth-order valence-corrected chi connectivity index (χ4v) is 1.49. The van der Waals surface area contributed by atoms with Gasteiger partial charge in [0.25, 0.3) is 0 Å². The largest absolute Gasteiger partial charge is 0.373 e. The molecule has 0 aromatic carbocycles. The predicted octanol–water partition coefficient (Wildman–Crippen LogP) is -0.813. The lowest BCUT2D eigenvalue weighted by atomic mass is 10.3. The normalized spacial score (nSPS) is 25.2. The monoisotopic (exact) mass is 242 g/mol. The van der Waals surface area contributed by atoms with Gasteiger partial charge in [-0.2, -0.15) is 0 Å². The van der Waals surface area contributed by atoms with Crippen LogP contribution in [0.25, 0.3) is 0 Å². The van der Waals surface area contributed by atoms with Crippen molar-refractivity contribution in [1.82, 2.24) is 10.6 Å². The van der Waals surface area contributed by atoms with E-state index in [0.29, 0.717) is 25.3 Å². The molecule has 2 atom stereocenters. The van der Waals surface area contributed by atoms with Crippen molar-refractivity contribution in [1.29, 1.82) is 0 Å². The van der Waals surface area contributed by atoms with E-state index in [9.17, 15) is 9.59 Å². The maximum Gasteiger partial charge on any atom is 0.229 e. The third-order valence-electron chi connectivity index (χ3n) is 2.70. The van der Waals surface area contributed by atoms with Gasteiger partial charge in [-0.3, -0.25) is 9.59 Å². The maximum atomic E-state index is 11.3. The Balaban J connectivity index is 1.45. The van der Waals surface area contributed by atoms with Crippen molar-refractivity contribution < 1.29 is 19.1 Å². The van der Waals surface area contributed by atoms with Crippen molar-refractivity contribution in [2.45, 2.75) is 31.5 Å². The fourth-order valence-electron chi connectivity index (χ4n) is 1.49. The maximum absolute atomic E-state index is 11.3. The van der Waals surface area contributed by atoms with Gasteiger partial charge in [0.15, 0.2) is 0 Å². The second kappa shape index (κ2) is 5.97. The summed E-state index contributed by atoms with van der Waals surface area (Å²) in [5.74, 6) is -0.461. The SMILES string of the molecule is O=C(CC(=O)NCCC1CO1)NCCC1CO1. The molecule has 2 N–H and O–H groups in total. The highest BCUT2D eigenvalue weighted by atomic mass is 16.6. The summed E-state index contributed by atoms with van der Waals surface area (Å²) in [6.07, 6.45) is 2.17. The molecule has 2 unspecified atom stereocenters. The summed E-state index contributed by atoms with van der Waals surface area (Å²) >= 11 is 0. The molecule has 0 aliphatic carbocycles. The lowest BCUT2D eigenvalue weighted by Crippen LogP contribution is -2.33. The minimum absolute atomic E-state index is 0.100. The van der Waals surface area contributed by atoms with E-state index in [2.05, 4.69) is 10.6 Å². The highest BCUT2D eigenvalue weighted by Crippen LogP contribution is 2.12. The van der Waals surface area contributed by atoms with Crippen molar-refractivity contribution in [3.8, 4) is 0 Å². The molecular formula is C11H18N2O4. The average Bonchev–Trinajstić information content (AvgIpc) is 3.12. The van der Waals surface area contributed by atoms with Crippen LogP contribution in [-0.2, 0) is 19.1 Å². The predicted molar refractivity (Wildman–Crippen MR) is 59.4 cm³/mol. The molecule has 96 valence electrons. The van der Waals surface area contributed by atoms with Gasteiger partial charge in [-0.25, -0.2) is 0 Å². The summed E-state index contributed by atoms with van der Waals surface area (Å²) in [5, 5.41) is 5.38. The Kier molecular flexibility index (Phi) is 4.33. The molecule has 0 bridgehead atoms. The van der Waals surface area contributed by atoms with Crippen LogP contribution in [-0.4, -0.2) is 50.3 Å². The minimum Gasteiger partial charge on any atom is -0.373 e. The van der Waals surface area contributed by atoms with Gasteiger partial charge in [0.05, 0.1) is 25.4 Å². The summed E-state index contributed by atoms with van der Waals surface area (Å²) in [4.78, 5) is 22.7.